The average Bonchev–Trinajstić information content (AvgIpc) is 3.09. The van der Waals surface area contributed by atoms with Gasteiger partial charge in [-0.25, -0.2) is 8.42 Å². The molecule has 2 aromatic rings. The first-order valence-corrected chi connectivity index (χ1v) is 10.1. The maximum atomic E-state index is 12.7. The standard InChI is InChI=1S/C17H22N4O4S/c1-3-15-19-20-17(25-15)18-16(22)13-6-8-14(9-7-13)26(23,24)21-10-4-5-12(2)11-21/h6-9,12H,3-5,10-11H2,1-2H3,(H,18,20,22)/t12-/m0/s1. The van der Waals surface area contributed by atoms with Gasteiger partial charge in [0.1, 0.15) is 0 Å². The van der Waals surface area contributed by atoms with Gasteiger partial charge in [0.05, 0.1) is 4.90 Å². The summed E-state index contributed by atoms with van der Waals surface area (Å²) in [7, 11) is -3.54. The molecule has 1 N–H and O–H groups in total. The summed E-state index contributed by atoms with van der Waals surface area (Å²) in [6.07, 6.45) is 2.48. The molecule has 0 unspecified atom stereocenters. The van der Waals surface area contributed by atoms with Crippen molar-refractivity contribution in [2.75, 3.05) is 18.4 Å². The third-order valence-electron chi connectivity index (χ3n) is 4.36. The lowest BCUT2D eigenvalue weighted by atomic mass is 10.0. The number of hydrogen-bond acceptors (Lipinski definition) is 6. The highest BCUT2D eigenvalue weighted by Crippen LogP contribution is 2.23. The van der Waals surface area contributed by atoms with Crippen molar-refractivity contribution >= 4 is 21.9 Å². The van der Waals surface area contributed by atoms with Gasteiger partial charge in [0.2, 0.25) is 15.9 Å². The summed E-state index contributed by atoms with van der Waals surface area (Å²) in [6, 6.07) is 5.88. The van der Waals surface area contributed by atoms with Crippen LogP contribution in [0.1, 0.15) is 42.9 Å². The van der Waals surface area contributed by atoms with Gasteiger partial charge in [-0.1, -0.05) is 18.9 Å². The minimum atomic E-state index is -3.54. The van der Waals surface area contributed by atoms with E-state index >= 15 is 0 Å². The molecule has 0 radical (unpaired) electrons. The smallest absolute Gasteiger partial charge is 0.322 e. The number of nitrogens with one attached hydrogen (secondary N) is 1. The molecule has 1 aliphatic rings. The van der Waals surface area contributed by atoms with Crippen LogP contribution in [0.15, 0.2) is 33.6 Å². The molecule has 1 aromatic heterocycles. The van der Waals surface area contributed by atoms with E-state index in [1.807, 2.05) is 6.92 Å². The molecule has 2 heterocycles. The molecule has 0 saturated carbocycles. The zero-order valence-electron chi connectivity index (χ0n) is 14.8. The van der Waals surface area contributed by atoms with Crippen molar-refractivity contribution in [3.63, 3.8) is 0 Å². The van der Waals surface area contributed by atoms with Crippen LogP contribution in [-0.4, -0.2) is 41.9 Å². The second kappa shape index (κ2) is 7.55. The molecule has 0 aliphatic carbocycles. The van der Waals surface area contributed by atoms with E-state index in [0.717, 1.165) is 12.8 Å². The van der Waals surface area contributed by atoms with Crippen LogP contribution in [0.2, 0.25) is 0 Å². The molecule has 1 saturated heterocycles. The summed E-state index contributed by atoms with van der Waals surface area (Å²) >= 11 is 0. The van der Waals surface area contributed by atoms with Gasteiger partial charge in [0, 0.05) is 25.1 Å². The lowest BCUT2D eigenvalue weighted by Gasteiger charge is -2.30. The predicted octanol–water partition coefficient (Wildman–Crippen LogP) is 2.30. The van der Waals surface area contributed by atoms with Crippen LogP contribution >= 0.6 is 0 Å². The molecule has 3 rings (SSSR count). The van der Waals surface area contributed by atoms with Crippen molar-refractivity contribution in [1.29, 1.82) is 0 Å². The van der Waals surface area contributed by atoms with Gasteiger partial charge in [-0.15, -0.1) is 5.10 Å². The molecule has 0 bridgehead atoms. The molecule has 8 nitrogen and oxygen atoms in total. The van der Waals surface area contributed by atoms with E-state index in [1.54, 1.807) is 0 Å². The first kappa shape index (κ1) is 18.5. The van der Waals surface area contributed by atoms with Crippen molar-refractivity contribution in [3.05, 3.63) is 35.7 Å². The molecule has 1 aromatic carbocycles. The number of rotatable bonds is 5. The average molecular weight is 378 g/mol. The second-order valence-electron chi connectivity index (χ2n) is 6.44. The molecule has 26 heavy (non-hydrogen) atoms. The van der Waals surface area contributed by atoms with E-state index in [2.05, 4.69) is 22.4 Å². The number of piperidine rings is 1. The van der Waals surface area contributed by atoms with E-state index in [1.165, 1.54) is 28.6 Å². The molecule has 1 atom stereocenters. The fraction of sp³-hybridized carbons (Fsp3) is 0.471. The Morgan fingerprint density at radius 3 is 2.65 bits per heavy atom. The first-order valence-electron chi connectivity index (χ1n) is 8.64. The van der Waals surface area contributed by atoms with Gasteiger partial charge in [0.25, 0.3) is 5.91 Å². The van der Waals surface area contributed by atoms with E-state index < -0.39 is 15.9 Å². The second-order valence-corrected chi connectivity index (χ2v) is 8.38. The fourth-order valence-corrected chi connectivity index (χ4v) is 4.51. The van der Waals surface area contributed by atoms with Crippen molar-refractivity contribution in [1.82, 2.24) is 14.5 Å². The molecular formula is C17H22N4O4S. The van der Waals surface area contributed by atoms with Crippen LogP contribution in [0.3, 0.4) is 0 Å². The monoisotopic (exact) mass is 378 g/mol. The van der Waals surface area contributed by atoms with Crippen molar-refractivity contribution in [2.45, 2.75) is 38.0 Å². The maximum Gasteiger partial charge on any atom is 0.322 e. The van der Waals surface area contributed by atoms with Gasteiger partial charge in [-0.2, -0.15) is 4.31 Å². The number of carbonyl (C=O) groups is 1. The van der Waals surface area contributed by atoms with Crippen LogP contribution in [0, 0.1) is 5.92 Å². The third kappa shape index (κ3) is 3.94. The first-order chi connectivity index (χ1) is 12.4. The SMILES string of the molecule is CCc1nnc(NC(=O)c2ccc(S(=O)(=O)N3CCC[C@H](C)C3)cc2)o1. The van der Waals surface area contributed by atoms with E-state index in [4.69, 9.17) is 4.42 Å². The zero-order valence-corrected chi connectivity index (χ0v) is 15.6. The Morgan fingerprint density at radius 1 is 1.31 bits per heavy atom. The van der Waals surface area contributed by atoms with E-state index in [0.29, 0.717) is 36.9 Å². The molecule has 1 fully saturated rings. The number of hydrogen-bond donors (Lipinski definition) is 1. The van der Waals surface area contributed by atoms with Crippen LogP contribution < -0.4 is 5.32 Å². The van der Waals surface area contributed by atoms with Crippen molar-refractivity contribution < 1.29 is 17.6 Å². The summed E-state index contributed by atoms with van der Waals surface area (Å²) in [5.41, 5.74) is 0.312. The number of amides is 1. The van der Waals surface area contributed by atoms with Crippen molar-refractivity contribution in [3.8, 4) is 0 Å². The number of sulfonamides is 1. The summed E-state index contributed by atoms with van der Waals surface area (Å²) in [6.45, 7) is 4.98. The Labute approximate surface area is 152 Å². The Bertz CT molecular complexity index is 876. The zero-order chi connectivity index (χ0) is 18.7. The molecule has 1 amide bonds. The van der Waals surface area contributed by atoms with Crippen LogP contribution in [0.4, 0.5) is 6.01 Å². The molecular weight excluding hydrogens is 356 g/mol. The summed E-state index contributed by atoms with van der Waals surface area (Å²) in [4.78, 5) is 12.4. The van der Waals surface area contributed by atoms with Crippen molar-refractivity contribution in [2.24, 2.45) is 5.92 Å². The highest BCUT2D eigenvalue weighted by molar-refractivity contribution is 7.89. The Hall–Kier alpha value is -2.26. The topological polar surface area (TPSA) is 105 Å². The van der Waals surface area contributed by atoms with Gasteiger partial charge < -0.3 is 4.42 Å². The highest BCUT2D eigenvalue weighted by Gasteiger charge is 2.28. The molecule has 9 heteroatoms. The van der Waals surface area contributed by atoms with Crippen LogP contribution in [0.5, 0.6) is 0 Å². The normalized spacial score (nSPS) is 18.6. The number of carbonyl (C=O) groups excluding carboxylic acids is 1. The number of anilines is 1. The fourth-order valence-electron chi connectivity index (χ4n) is 2.91. The molecule has 1 aliphatic heterocycles. The van der Waals surface area contributed by atoms with Gasteiger partial charge in [-0.05, 0) is 43.0 Å². The largest absolute Gasteiger partial charge is 0.408 e. The number of aromatic nitrogens is 2. The van der Waals surface area contributed by atoms with Gasteiger partial charge >= 0.3 is 6.01 Å². The summed E-state index contributed by atoms with van der Waals surface area (Å²) in [5.74, 6) is 0.343. The molecule has 0 spiro atoms. The highest BCUT2D eigenvalue weighted by atomic mass is 32.2. The van der Waals surface area contributed by atoms with E-state index in [-0.39, 0.29) is 10.9 Å². The van der Waals surface area contributed by atoms with Crippen LogP contribution in [0.25, 0.3) is 0 Å². The van der Waals surface area contributed by atoms with Crippen LogP contribution in [-0.2, 0) is 16.4 Å². The summed E-state index contributed by atoms with van der Waals surface area (Å²) < 4.78 is 32.2. The Kier molecular flexibility index (Phi) is 5.38. The maximum absolute atomic E-state index is 12.7. The minimum Gasteiger partial charge on any atom is -0.408 e. The number of benzene rings is 1. The summed E-state index contributed by atoms with van der Waals surface area (Å²) in [5, 5.41) is 10.00. The quantitative estimate of drug-likeness (QED) is 0.856. The number of nitrogens with zero attached hydrogens (tertiary/aromatic N) is 3. The Balaban J connectivity index is 1.72. The van der Waals surface area contributed by atoms with E-state index in [9.17, 15) is 13.2 Å². The molecule has 140 valence electrons. The lowest BCUT2D eigenvalue weighted by Crippen LogP contribution is -2.39. The van der Waals surface area contributed by atoms with Gasteiger partial charge in [0.15, 0.2) is 0 Å². The third-order valence-corrected chi connectivity index (χ3v) is 6.24. The minimum absolute atomic E-state index is 0.0193. The van der Waals surface area contributed by atoms with Gasteiger partial charge in [-0.3, -0.25) is 10.1 Å². The Morgan fingerprint density at radius 2 is 2.04 bits per heavy atom. The number of aryl methyl sites for hydroxylation is 1. The lowest BCUT2D eigenvalue weighted by molar-refractivity contribution is 0.102. The predicted molar refractivity (Wildman–Crippen MR) is 95.2 cm³/mol.